The number of fused-ring (bicyclic) bond motifs is 1. The van der Waals surface area contributed by atoms with Crippen molar-refractivity contribution in [3.8, 4) is 0 Å². The highest BCUT2D eigenvalue weighted by Gasteiger charge is 2.43. The van der Waals surface area contributed by atoms with Gasteiger partial charge >= 0.3 is 0 Å². The number of amides is 2. The van der Waals surface area contributed by atoms with Gasteiger partial charge in [-0.2, -0.15) is 0 Å². The second-order valence-corrected chi connectivity index (χ2v) is 8.97. The Balaban J connectivity index is 1.88. The number of nitrogens with zero attached hydrogens (tertiary/aromatic N) is 2. The zero-order valence-corrected chi connectivity index (χ0v) is 17.4. The lowest BCUT2D eigenvalue weighted by atomic mass is 10.1. The van der Waals surface area contributed by atoms with Crippen molar-refractivity contribution >= 4 is 21.8 Å². The molecule has 152 valence electrons. The lowest BCUT2D eigenvalue weighted by Crippen LogP contribution is -2.36. The first-order valence-corrected chi connectivity index (χ1v) is 10.9. The predicted molar refractivity (Wildman–Crippen MR) is 111 cm³/mol. The van der Waals surface area contributed by atoms with E-state index in [0.717, 1.165) is 9.87 Å². The molecular weight excluding hydrogens is 388 g/mol. The molecule has 0 radical (unpaired) electrons. The summed E-state index contributed by atoms with van der Waals surface area (Å²) in [5, 5.41) is 0. The Hall–Kier alpha value is -2.93. The van der Waals surface area contributed by atoms with E-state index in [9.17, 15) is 18.0 Å². The summed E-state index contributed by atoms with van der Waals surface area (Å²) >= 11 is 0. The molecule has 1 aliphatic rings. The summed E-state index contributed by atoms with van der Waals surface area (Å²) in [6, 6.07) is 13.5. The Kier molecular flexibility index (Phi) is 5.88. The number of hydrogen-bond donors (Lipinski definition) is 0. The molecular formula is C22H24N2O4S. The third-order valence-electron chi connectivity index (χ3n) is 4.81. The smallest absolute Gasteiger partial charge is 0.269 e. The summed E-state index contributed by atoms with van der Waals surface area (Å²) in [6.07, 6.45) is 2.31. The fourth-order valence-electron chi connectivity index (χ4n) is 3.41. The van der Waals surface area contributed by atoms with E-state index in [0.29, 0.717) is 19.5 Å². The Morgan fingerprint density at radius 3 is 2.48 bits per heavy atom. The first kappa shape index (κ1) is 20.8. The minimum atomic E-state index is -3.95. The molecule has 2 aromatic carbocycles. The van der Waals surface area contributed by atoms with E-state index in [4.69, 9.17) is 0 Å². The van der Waals surface area contributed by atoms with Gasteiger partial charge in [0.2, 0.25) is 0 Å². The van der Waals surface area contributed by atoms with Crippen molar-refractivity contribution in [2.24, 2.45) is 0 Å². The highest BCUT2D eigenvalue weighted by Crippen LogP contribution is 2.32. The Morgan fingerprint density at radius 1 is 1.17 bits per heavy atom. The van der Waals surface area contributed by atoms with Gasteiger partial charge in [0.15, 0.2) is 0 Å². The molecule has 0 saturated carbocycles. The van der Waals surface area contributed by atoms with E-state index < -0.39 is 22.0 Å². The summed E-state index contributed by atoms with van der Waals surface area (Å²) in [5.41, 5.74) is 1.44. The summed E-state index contributed by atoms with van der Waals surface area (Å²) in [4.78, 5) is 27.0. The van der Waals surface area contributed by atoms with Crippen molar-refractivity contribution in [3.63, 3.8) is 0 Å². The van der Waals surface area contributed by atoms with Crippen LogP contribution in [0.1, 0.15) is 40.1 Å². The molecule has 0 bridgehead atoms. The van der Waals surface area contributed by atoms with Crippen molar-refractivity contribution in [3.05, 3.63) is 77.9 Å². The van der Waals surface area contributed by atoms with E-state index in [1.54, 1.807) is 24.8 Å². The maximum atomic E-state index is 13.0. The Labute approximate surface area is 171 Å². The fourth-order valence-corrected chi connectivity index (χ4v) is 5.21. The van der Waals surface area contributed by atoms with Crippen LogP contribution < -0.4 is 0 Å². The molecule has 0 fully saturated rings. The maximum Gasteiger partial charge on any atom is 0.269 e. The number of rotatable bonds is 7. The van der Waals surface area contributed by atoms with Crippen LogP contribution in [0.25, 0.3) is 0 Å². The van der Waals surface area contributed by atoms with Crippen molar-refractivity contribution in [1.82, 2.24) is 9.21 Å². The van der Waals surface area contributed by atoms with E-state index in [1.165, 1.54) is 18.2 Å². The molecule has 0 N–H and O–H groups in total. The fraction of sp³-hybridized carbons (Fsp3) is 0.273. The van der Waals surface area contributed by atoms with Gasteiger partial charge < -0.3 is 4.90 Å². The van der Waals surface area contributed by atoms with E-state index >= 15 is 0 Å². The second kappa shape index (κ2) is 8.21. The number of sulfonamides is 1. The molecule has 0 unspecified atom stereocenters. The molecule has 1 heterocycles. The molecule has 7 heteroatoms. The van der Waals surface area contributed by atoms with Crippen LogP contribution in [-0.2, 0) is 16.4 Å². The van der Waals surface area contributed by atoms with Crippen LogP contribution in [0.15, 0.2) is 66.1 Å². The van der Waals surface area contributed by atoms with Crippen molar-refractivity contribution in [2.75, 3.05) is 13.1 Å². The minimum Gasteiger partial charge on any atom is -0.335 e. The molecule has 0 atom stereocenters. The molecule has 0 saturated heterocycles. The lowest BCUT2D eigenvalue weighted by Gasteiger charge is -2.21. The van der Waals surface area contributed by atoms with Gasteiger partial charge in [0.1, 0.15) is 4.90 Å². The molecule has 3 rings (SSSR count). The molecule has 1 aliphatic heterocycles. The first-order chi connectivity index (χ1) is 13.8. The number of hydrogen-bond acceptors (Lipinski definition) is 4. The van der Waals surface area contributed by atoms with Gasteiger partial charge in [0, 0.05) is 24.7 Å². The van der Waals surface area contributed by atoms with Gasteiger partial charge in [0.25, 0.3) is 21.8 Å². The van der Waals surface area contributed by atoms with Crippen LogP contribution in [0.5, 0.6) is 0 Å². The molecule has 6 nitrogen and oxygen atoms in total. The van der Waals surface area contributed by atoms with Crippen molar-refractivity contribution in [1.29, 1.82) is 0 Å². The van der Waals surface area contributed by atoms with Crippen molar-refractivity contribution in [2.45, 2.75) is 31.2 Å². The van der Waals surface area contributed by atoms with Gasteiger partial charge in [-0.3, -0.25) is 9.59 Å². The molecule has 2 amide bonds. The maximum absolute atomic E-state index is 13.0. The Morgan fingerprint density at radius 2 is 1.86 bits per heavy atom. The summed E-state index contributed by atoms with van der Waals surface area (Å²) in [5.74, 6) is -0.852. The third kappa shape index (κ3) is 3.96. The normalized spacial score (nSPS) is 14.7. The number of carbonyl (C=O) groups is 2. The zero-order chi connectivity index (χ0) is 21.2. The van der Waals surface area contributed by atoms with Gasteiger partial charge in [-0.1, -0.05) is 36.4 Å². The van der Waals surface area contributed by atoms with E-state index in [2.05, 4.69) is 6.58 Å². The summed E-state index contributed by atoms with van der Waals surface area (Å²) < 4.78 is 26.4. The van der Waals surface area contributed by atoms with Crippen LogP contribution in [-0.4, -0.2) is 48.6 Å². The highest BCUT2D eigenvalue weighted by molar-refractivity contribution is 7.90. The summed E-state index contributed by atoms with van der Waals surface area (Å²) in [7, 11) is -3.95. The topological polar surface area (TPSA) is 74.8 Å². The average Bonchev–Trinajstić information content (AvgIpc) is 2.90. The molecule has 0 aromatic heterocycles. The van der Waals surface area contributed by atoms with Crippen LogP contribution in [0.3, 0.4) is 0 Å². The van der Waals surface area contributed by atoms with Crippen LogP contribution in [0.4, 0.5) is 0 Å². The third-order valence-corrected chi connectivity index (χ3v) is 6.81. The predicted octanol–water partition coefficient (Wildman–Crippen LogP) is 3.11. The SMILES string of the molecule is C=CCN(CCc1ccccc1)C(=O)c1ccc2c(c1)S(=O)(=O)N(C(C)C)C2=O. The quantitative estimate of drug-likeness (QED) is 0.655. The van der Waals surface area contributed by atoms with Crippen molar-refractivity contribution < 1.29 is 18.0 Å². The standard InChI is InChI=1S/C22H24N2O4S/c1-4-13-23(14-12-17-8-6-5-7-9-17)21(25)18-10-11-19-20(15-18)29(27,28)24(16(2)3)22(19)26/h4-11,15-16H,1,12-14H2,2-3H3. The number of benzene rings is 2. The largest absolute Gasteiger partial charge is 0.335 e. The highest BCUT2D eigenvalue weighted by atomic mass is 32.2. The monoisotopic (exact) mass is 412 g/mol. The van der Waals surface area contributed by atoms with E-state index in [1.807, 2.05) is 30.3 Å². The van der Waals surface area contributed by atoms with E-state index in [-0.39, 0.29) is 21.9 Å². The summed E-state index contributed by atoms with van der Waals surface area (Å²) in [6.45, 7) is 7.80. The first-order valence-electron chi connectivity index (χ1n) is 9.44. The lowest BCUT2D eigenvalue weighted by molar-refractivity contribution is 0.0773. The van der Waals surface area contributed by atoms with Crippen LogP contribution >= 0.6 is 0 Å². The second-order valence-electron chi connectivity index (χ2n) is 7.19. The molecule has 29 heavy (non-hydrogen) atoms. The number of carbonyl (C=O) groups excluding carboxylic acids is 2. The van der Waals surface area contributed by atoms with Gasteiger partial charge in [-0.25, -0.2) is 12.7 Å². The van der Waals surface area contributed by atoms with Gasteiger partial charge in [-0.05, 0) is 44.0 Å². The molecule has 0 spiro atoms. The Bertz CT molecular complexity index is 1050. The average molecular weight is 413 g/mol. The molecule has 2 aromatic rings. The molecule has 0 aliphatic carbocycles. The van der Waals surface area contributed by atoms with Crippen LogP contribution in [0.2, 0.25) is 0 Å². The zero-order valence-electron chi connectivity index (χ0n) is 16.5. The van der Waals surface area contributed by atoms with Crippen LogP contribution in [0, 0.1) is 0 Å². The van der Waals surface area contributed by atoms with Gasteiger partial charge in [-0.15, -0.1) is 6.58 Å². The van der Waals surface area contributed by atoms with Gasteiger partial charge in [0.05, 0.1) is 5.56 Å². The minimum absolute atomic E-state index is 0.106.